The minimum atomic E-state index is -4.39. The lowest BCUT2D eigenvalue weighted by molar-refractivity contribution is -0.137. The van der Waals surface area contributed by atoms with Crippen LogP contribution >= 0.6 is 0 Å². The zero-order chi connectivity index (χ0) is 22.6. The van der Waals surface area contributed by atoms with Gasteiger partial charge in [0.2, 0.25) is 5.95 Å². The maximum Gasteiger partial charge on any atom is 0.416 e. The fraction of sp³-hybridized carbons (Fsp3) is 0.136. The normalized spacial score (nSPS) is 11.2. The van der Waals surface area contributed by atoms with E-state index in [0.717, 1.165) is 23.4 Å². The number of alkyl halides is 3. The van der Waals surface area contributed by atoms with Crippen molar-refractivity contribution in [3.8, 4) is 17.2 Å². The molecule has 7 nitrogen and oxygen atoms in total. The van der Waals surface area contributed by atoms with E-state index in [4.69, 9.17) is 9.47 Å². The highest BCUT2D eigenvalue weighted by Crippen LogP contribution is 2.29. The smallest absolute Gasteiger partial charge is 0.416 e. The molecule has 0 aliphatic heterocycles. The summed E-state index contributed by atoms with van der Waals surface area (Å²) in [6.07, 6.45) is 0.186. The number of hydrogen-bond acceptors (Lipinski definition) is 6. The van der Waals surface area contributed by atoms with Crippen LogP contribution in [-0.4, -0.2) is 26.9 Å². The van der Waals surface area contributed by atoms with Gasteiger partial charge in [0, 0.05) is 6.07 Å². The van der Waals surface area contributed by atoms with Crippen LogP contribution in [0, 0.1) is 0 Å². The number of hydrogen-bond donors (Lipinski definition) is 1. The van der Waals surface area contributed by atoms with Gasteiger partial charge in [-0.25, -0.2) is 4.68 Å². The number of aromatic nitrogens is 4. The van der Waals surface area contributed by atoms with Crippen molar-refractivity contribution in [1.82, 2.24) is 19.7 Å². The topological polar surface area (TPSA) is 74.1 Å². The van der Waals surface area contributed by atoms with Crippen molar-refractivity contribution >= 4 is 11.6 Å². The van der Waals surface area contributed by atoms with Crippen molar-refractivity contribution in [2.45, 2.75) is 12.8 Å². The standard InChI is InChI=1S/C22H18F3N5O2/c1-31-19-8-2-15(3-9-19)13-32-20-10-17(11-26-12-20)28-21-27-14-30(29-21)18-6-4-16(5-7-18)22(23,24)25/h2-12,14H,13H2,1H3,(H,28,29). The van der Waals surface area contributed by atoms with E-state index in [1.807, 2.05) is 24.3 Å². The summed E-state index contributed by atoms with van der Waals surface area (Å²) in [4.78, 5) is 8.28. The fourth-order valence-corrected chi connectivity index (χ4v) is 2.83. The van der Waals surface area contributed by atoms with Crippen molar-refractivity contribution < 1.29 is 22.6 Å². The highest BCUT2D eigenvalue weighted by atomic mass is 19.4. The predicted molar refractivity (Wildman–Crippen MR) is 111 cm³/mol. The van der Waals surface area contributed by atoms with Crippen LogP contribution in [0.2, 0.25) is 0 Å². The molecule has 4 rings (SSSR count). The van der Waals surface area contributed by atoms with E-state index >= 15 is 0 Å². The van der Waals surface area contributed by atoms with Crippen LogP contribution in [0.5, 0.6) is 11.5 Å². The Balaban J connectivity index is 1.40. The summed E-state index contributed by atoms with van der Waals surface area (Å²) in [6.45, 7) is 0.357. The van der Waals surface area contributed by atoms with Crippen molar-refractivity contribution in [2.24, 2.45) is 0 Å². The van der Waals surface area contributed by atoms with Crippen molar-refractivity contribution in [3.63, 3.8) is 0 Å². The number of rotatable bonds is 7. The van der Waals surface area contributed by atoms with E-state index in [2.05, 4.69) is 20.4 Å². The zero-order valence-electron chi connectivity index (χ0n) is 16.9. The van der Waals surface area contributed by atoms with Crippen molar-refractivity contribution in [1.29, 1.82) is 0 Å². The van der Waals surface area contributed by atoms with Gasteiger partial charge >= 0.3 is 6.18 Å². The molecular formula is C22H18F3N5O2. The predicted octanol–water partition coefficient (Wildman–Crippen LogP) is 5.01. The molecule has 0 aliphatic carbocycles. The number of halogens is 3. The molecule has 32 heavy (non-hydrogen) atoms. The molecule has 0 amide bonds. The molecule has 0 fully saturated rings. The molecule has 0 aliphatic rings. The molecule has 0 unspecified atom stereocenters. The number of ether oxygens (including phenoxy) is 2. The summed E-state index contributed by atoms with van der Waals surface area (Å²) < 4.78 is 50.4. The SMILES string of the molecule is COc1ccc(COc2cncc(Nc3ncn(-c4ccc(C(F)(F)F)cc4)n3)c2)cc1. The molecule has 0 spiro atoms. The van der Waals surface area contributed by atoms with Gasteiger partial charge in [0.1, 0.15) is 24.4 Å². The van der Waals surface area contributed by atoms with E-state index in [9.17, 15) is 13.2 Å². The molecule has 2 aromatic heterocycles. The lowest BCUT2D eigenvalue weighted by Gasteiger charge is -2.08. The van der Waals surface area contributed by atoms with Crippen LogP contribution in [-0.2, 0) is 12.8 Å². The van der Waals surface area contributed by atoms with Crippen LogP contribution in [0.25, 0.3) is 5.69 Å². The Kier molecular flexibility index (Phi) is 5.93. The largest absolute Gasteiger partial charge is 0.497 e. The summed E-state index contributed by atoms with van der Waals surface area (Å²) in [5, 5.41) is 7.24. The van der Waals surface area contributed by atoms with E-state index in [1.165, 1.54) is 23.1 Å². The summed E-state index contributed by atoms with van der Waals surface area (Å²) in [5.41, 5.74) is 1.30. The molecule has 0 atom stereocenters. The molecule has 0 radical (unpaired) electrons. The average Bonchev–Trinajstić information content (AvgIpc) is 3.26. The third kappa shape index (κ3) is 5.15. The van der Waals surface area contributed by atoms with Gasteiger partial charge in [0.15, 0.2) is 0 Å². The van der Waals surface area contributed by atoms with E-state index in [0.29, 0.717) is 23.7 Å². The second kappa shape index (κ2) is 8.96. The maximum absolute atomic E-state index is 12.7. The Hall–Kier alpha value is -4.08. The van der Waals surface area contributed by atoms with Gasteiger partial charge in [0.25, 0.3) is 0 Å². The van der Waals surface area contributed by atoms with Crippen LogP contribution < -0.4 is 14.8 Å². The number of methoxy groups -OCH3 is 1. The molecular weight excluding hydrogens is 423 g/mol. The second-order valence-electron chi connectivity index (χ2n) is 6.73. The molecule has 2 heterocycles. The Labute approximate surface area is 181 Å². The van der Waals surface area contributed by atoms with E-state index < -0.39 is 11.7 Å². The van der Waals surface area contributed by atoms with Crippen LogP contribution in [0.15, 0.2) is 73.3 Å². The number of nitrogens with one attached hydrogen (secondary N) is 1. The van der Waals surface area contributed by atoms with Gasteiger partial charge < -0.3 is 14.8 Å². The van der Waals surface area contributed by atoms with Gasteiger partial charge in [-0.05, 0) is 42.0 Å². The van der Waals surface area contributed by atoms with Crippen LogP contribution in [0.3, 0.4) is 0 Å². The maximum atomic E-state index is 12.7. The Morgan fingerprint density at radius 1 is 0.969 bits per heavy atom. The van der Waals surface area contributed by atoms with E-state index in [1.54, 1.807) is 25.6 Å². The Bertz CT molecular complexity index is 1180. The Morgan fingerprint density at radius 3 is 2.41 bits per heavy atom. The molecule has 4 aromatic rings. The van der Waals surface area contributed by atoms with Gasteiger partial charge in [-0.15, -0.1) is 5.10 Å². The quantitative estimate of drug-likeness (QED) is 0.435. The molecule has 164 valence electrons. The first-order valence-corrected chi connectivity index (χ1v) is 9.48. The highest BCUT2D eigenvalue weighted by Gasteiger charge is 2.30. The lowest BCUT2D eigenvalue weighted by atomic mass is 10.2. The van der Waals surface area contributed by atoms with E-state index in [-0.39, 0.29) is 5.95 Å². The first-order valence-electron chi connectivity index (χ1n) is 9.48. The molecule has 10 heteroatoms. The van der Waals surface area contributed by atoms with Crippen LogP contribution in [0.1, 0.15) is 11.1 Å². The third-order valence-corrected chi connectivity index (χ3v) is 4.48. The molecule has 0 saturated heterocycles. The molecule has 0 saturated carbocycles. The van der Waals surface area contributed by atoms with Gasteiger partial charge in [-0.1, -0.05) is 12.1 Å². The van der Waals surface area contributed by atoms with Crippen molar-refractivity contribution in [2.75, 3.05) is 12.4 Å². The second-order valence-corrected chi connectivity index (χ2v) is 6.73. The zero-order valence-corrected chi connectivity index (χ0v) is 16.9. The Morgan fingerprint density at radius 2 is 1.72 bits per heavy atom. The molecule has 2 aromatic carbocycles. The van der Waals surface area contributed by atoms with Gasteiger partial charge in [-0.2, -0.15) is 18.2 Å². The van der Waals surface area contributed by atoms with Gasteiger partial charge in [-0.3, -0.25) is 4.98 Å². The van der Waals surface area contributed by atoms with Crippen LogP contribution in [0.4, 0.5) is 24.8 Å². The molecule has 1 N–H and O–H groups in total. The third-order valence-electron chi connectivity index (χ3n) is 4.48. The number of benzene rings is 2. The first-order chi connectivity index (χ1) is 15.4. The molecule has 0 bridgehead atoms. The summed E-state index contributed by atoms with van der Waals surface area (Å²) in [7, 11) is 1.61. The highest BCUT2D eigenvalue weighted by molar-refractivity contribution is 5.53. The lowest BCUT2D eigenvalue weighted by Crippen LogP contribution is -2.05. The minimum Gasteiger partial charge on any atom is -0.497 e. The summed E-state index contributed by atoms with van der Waals surface area (Å²) in [5.74, 6) is 1.58. The monoisotopic (exact) mass is 441 g/mol. The number of pyridine rings is 1. The summed E-state index contributed by atoms with van der Waals surface area (Å²) in [6, 6.07) is 13.9. The van der Waals surface area contributed by atoms with Gasteiger partial charge in [0.05, 0.1) is 36.4 Å². The number of anilines is 2. The minimum absolute atomic E-state index is 0.263. The summed E-state index contributed by atoms with van der Waals surface area (Å²) >= 11 is 0. The number of nitrogens with zero attached hydrogens (tertiary/aromatic N) is 4. The van der Waals surface area contributed by atoms with Crippen molar-refractivity contribution in [3.05, 3.63) is 84.4 Å². The first kappa shape index (κ1) is 21.2. The average molecular weight is 441 g/mol. The fourth-order valence-electron chi connectivity index (χ4n) is 2.83.